The van der Waals surface area contributed by atoms with Gasteiger partial charge in [0.2, 0.25) is 5.91 Å². The minimum Gasteiger partial charge on any atom is -0.324 e. The Labute approximate surface area is 108 Å². The Morgan fingerprint density at radius 1 is 1.17 bits per heavy atom. The lowest BCUT2D eigenvalue weighted by molar-refractivity contribution is -0.117. The Balaban J connectivity index is 1.64. The summed E-state index contributed by atoms with van der Waals surface area (Å²) in [5.74, 6) is 0.839. The van der Waals surface area contributed by atoms with Crippen molar-refractivity contribution in [3.8, 4) is 0 Å². The largest absolute Gasteiger partial charge is 0.324 e. The van der Waals surface area contributed by atoms with E-state index in [4.69, 9.17) is 0 Å². The maximum absolute atomic E-state index is 11.9. The number of benzene rings is 1. The number of amides is 1. The summed E-state index contributed by atoms with van der Waals surface area (Å²) in [5, 5.41) is 6.38. The minimum atomic E-state index is -0.150. The van der Waals surface area contributed by atoms with Crippen LogP contribution in [0.1, 0.15) is 43.7 Å². The molecular formula is C15H20N2O. The molecule has 1 unspecified atom stereocenters. The number of hydrogen-bond acceptors (Lipinski definition) is 2. The van der Waals surface area contributed by atoms with E-state index in [0.717, 1.165) is 23.7 Å². The summed E-state index contributed by atoms with van der Waals surface area (Å²) in [6, 6.07) is 7.81. The van der Waals surface area contributed by atoms with Gasteiger partial charge < -0.3 is 10.6 Å². The fourth-order valence-corrected chi connectivity index (χ4v) is 3.09. The molecule has 0 radical (unpaired) electrons. The van der Waals surface area contributed by atoms with Crippen LogP contribution in [0.2, 0.25) is 0 Å². The predicted molar refractivity (Wildman–Crippen MR) is 72.4 cm³/mol. The van der Waals surface area contributed by atoms with Crippen molar-refractivity contribution in [2.75, 3.05) is 11.9 Å². The normalized spacial score (nSPS) is 23.8. The second kappa shape index (κ2) is 5.11. The molecule has 1 aromatic carbocycles. The van der Waals surface area contributed by atoms with E-state index in [9.17, 15) is 4.79 Å². The van der Waals surface area contributed by atoms with Crippen molar-refractivity contribution in [2.24, 2.45) is 5.92 Å². The molecule has 0 bridgehead atoms. The molecule has 0 saturated heterocycles. The Morgan fingerprint density at radius 2 is 1.94 bits per heavy atom. The topological polar surface area (TPSA) is 41.1 Å². The smallest absolute Gasteiger partial charge is 0.246 e. The highest BCUT2D eigenvalue weighted by atomic mass is 16.2. The average molecular weight is 244 g/mol. The van der Waals surface area contributed by atoms with E-state index in [2.05, 4.69) is 10.6 Å². The van der Waals surface area contributed by atoms with Gasteiger partial charge >= 0.3 is 0 Å². The van der Waals surface area contributed by atoms with Gasteiger partial charge in [-0.1, -0.05) is 37.5 Å². The first-order valence-electron chi connectivity index (χ1n) is 6.98. The zero-order valence-corrected chi connectivity index (χ0v) is 10.6. The lowest BCUT2D eigenvalue weighted by Crippen LogP contribution is -2.32. The van der Waals surface area contributed by atoms with Crippen LogP contribution in [0.4, 0.5) is 5.69 Å². The van der Waals surface area contributed by atoms with E-state index in [0.29, 0.717) is 0 Å². The molecule has 1 fully saturated rings. The lowest BCUT2D eigenvalue weighted by Gasteiger charge is -2.23. The van der Waals surface area contributed by atoms with Crippen LogP contribution in [-0.4, -0.2) is 12.5 Å². The van der Waals surface area contributed by atoms with Gasteiger partial charge in [-0.2, -0.15) is 0 Å². The first-order valence-corrected chi connectivity index (χ1v) is 6.98. The number of rotatable bonds is 3. The number of carbonyl (C=O) groups excluding carboxylic acids is 1. The number of fused-ring (bicyclic) bond motifs is 1. The fraction of sp³-hybridized carbons (Fsp3) is 0.533. The van der Waals surface area contributed by atoms with E-state index < -0.39 is 0 Å². The Morgan fingerprint density at radius 3 is 2.78 bits per heavy atom. The molecular weight excluding hydrogens is 224 g/mol. The lowest BCUT2D eigenvalue weighted by atomic mass is 9.89. The number of anilines is 1. The molecule has 0 spiro atoms. The molecule has 0 aromatic heterocycles. The zero-order chi connectivity index (χ0) is 12.4. The maximum atomic E-state index is 11.9. The highest BCUT2D eigenvalue weighted by molar-refractivity contribution is 6.02. The van der Waals surface area contributed by atoms with Gasteiger partial charge in [-0.25, -0.2) is 0 Å². The summed E-state index contributed by atoms with van der Waals surface area (Å²) in [5.41, 5.74) is 2.06. The molecule has 2 aliphatic rings. The third-order valence-electron chi connectivity index (χ3n) is 4.13. The summed E-state index contributed by atoms with van der Waals surface area (Å²) in [6.45, 7) is 0.965. The second-order valence-corrected chi connectivity index (χ2v) is 5.42. The van der Waals surface area contributed by atoms with Gasteiger partial charge in [-0.3, -0.25) is 4.79 Å². The first kappa shape index (κ1) is 11.7. The second-order valence-electron chi connectivity index (χ2n) is 5.42. The van der Waals surface area contributed by atoms with Crippen molar-refractivity contribution < 1.29 is 4.79 Å². The molecule has 1 aliphatic heterocycles. The number of carbonyl (C=O) groups is 1. The van der Waals surface area contributed by atoms with Gasteiger partial charge in [0.05, 0.1) is 0 Å². The molecule has 2 N–H and O–H groups in total. The first-order chi connectivity index (χ1) is 8.84. The van der Waals surface area contributed by atoms with Crippen LogP contribution in [0.15, 0.2) is 24.3 Å². The number of para-hydroxylation sites is 1. The van der Waals surface area contributed by atoms with Gasteiger partial charge in [0, 0.05) is 11.3 Å². The maximum Gasteiger partial charge on any atom is 0.246 e. The van der Waals surface area contributed by atoms with Crippen molar-refractivity contribution in [3.63, 3.8) is 0 Å². The molecule has 3 nitrogen and oxygen atoms in total. The average Bonchev–Trinajstić information content (AvgIpc) is 2.73. The van der Waals surface area contributed by atoms with E-state index in [1.54, 1.807) is 0 Å². The SMILES string of the molecule is O=C1Nc2ccccc2C1NCC1CCCCC1. The van der Waals surface area contributed by atoms with Crippen molar-refractivity contribution in [2.45, 2.75) is 38.1 Å². The third kappa shape index (κ3) is 2.27. The van der Waals surface area contributed by atoms with Crippen molar-refractivity contribution in [1.82, 2.24) is 5.32 Å². The molecule has 1 aliphatic carbocycles. The Hall–Kier alpha value is -1.35. The highest BCUT2D eigenvalue weighted by Crippen LogP contribution is 2.31. The molecule has 96 valence electrons. The van der Waals surface area contributed by atoms with Gasteiger partial charge in [-0.15, -0.1) is 0 Å². The van der Waals surface area contributed by atoms with Gasteiger partial charge in [0.25, 0.3) is 0 Å². The molecule has 3 heteroatoms. The van der Waals surface area contributed by atoms with E-state index >= 15 is 0 Å². The van der Waals surface area contributed by atoms with E-state index in [1.807, 2.05) is 24.3 Å². The molecule has 18 heavy (non-hydrogen) atoms. The van der Waals surface area contributed by atoms with Crippen LogP contribution in [0.25, 0.3) is 0 Å². The number of nitrogens with one attached hydrogen (secondary N) is 2. The van der Waals surface area contributed by atoms with Gasteiger partial charge in [0.15, 0.2) is 0 Å². The fourth-order valence-electron chi connectivity index (χ4n) is 3.09. The number of hydrogen-bond donors (Lipinski definition) is 2. The van der Waals surface area contributed by atoms with E-state index in [-0.39, 0.29) is 11.9 Å². The summed E-state index contributed by atoms with van der Waals surface area (Å²) < 4.78 is 0. The zero-order valence-electron chi connectivity index (χ0n) is 10.6. The van der Waals surface area contributed by atoms with Crippen LogP contribution < -0.4 is 10.6 Å². The predicted octanol–water partition coefficient (Wildman–Crippen LogP) is 2.85. The summed E-state index contributed by atoms with van der Waals surface area (Å²) in [6.07, 6.45) is 6.69. The summed E-state index contributed by atoms with van der Waals surface area (Å²) in [4.78, 5) is 11.9. The van der Waals surface area contributed by atoms with Crippen LogP contribution in [0.3, 0.4) is 0 Å². The van der Waals surface area contributed by atoms with Crippen LogP contribution in [0.5, 0.6) is 0 Å². The minimum absolute atomic E-state index is 0.0898. The Kier molecular flexibility index (Phi) is 3.33. The quantitative estimate of drug-likeness (QED) is 0.858. The van der Waals surface area contributed by atoms with Crippen molar-refractivity contribution in [3.05, 3.63) is 29.8 Å². The van der Waals surface area contributed by atoms with Crippen molar-refractivity contribution in [1.29, 1.82) is 0 Å². The molecule has 1 atom stereocenters. The van der Waals surface area contributed by atoms with Gasteiger partial charge in [0.1, 0.15) is 6.04 Å². The molecule has 1 saturated carbocycles. The monoisotopic (exact) mass is 244 g/mol. The third-order valence-corrected chi connectivity index (χ3v) is 4.13. The summed E-state index contributed by atoms with van der Waals surface area (Å²) in [7, 11) is 0. The molecule has 1 heterocycles. The summed E-state index contributed by atoms with van der Waals surface area (Å²) >= 11 is 0. The standard InChI is InChI=1S/C15H20N2O/c18-15-14(12-8-4-5-9-13(12)17-15)16-10-11-6-2-1-3-7-11/h4-5,8-9,11,14,16H,1-3,6-7,10H2,(H,17,18). The van der Waals surface area contributed by atoms with Crippen LogP contribution in [-0.2, 0) is 4.79 Å². The van der Waals surface area contributed by atoms with E-state index in [1.165, 1.54) is 32.1 Å². The van der Waals surface area contributed by atoms with Crippen molar-refractivity contribution >= 4 is 11.6 Å². The Bertz CT molecular complexity index is 438. The van der Waals surface area contributed by atoms with Crippen LogP contribution in [0, 0.1) is 5.92 Å². The van der Waals surface area contributed by atoms with Gasteiger partial charge in [-0.05, 0) is 31.4 Å². The molecule has 3 rings (SSSR count). The molecule has 1 aromatic rings. The molecule has 1 amide bonds. The van der Waals surface area contributed by atoms with Crippen LogP contribution >= 0.6 is 0 Å². The highest BCUT2D eigenvalue weighted by Gasteiger charge is 2.30.